The molecule has 1 N–H and O–H groups in total. The van der Waals surface area contributed by atoms with Crippen molar-refractivity contribution in [2.24, 2.45) is 0 Å². The molecule has 1 saturated heterocycles. The Kier molecular flexibility index (Phi) is 3.97. The van der Waals surface area contributed by atoms with E-state index in [1.807, 2.05) is 0 Å². The monoisotopic (exact) mass is 218 g/mol. The predicted molar refractivity (Wildman–Crippen MR) is 68.5 cm³/mol. The van der Waals surface area contributed by atoms with Gasteiger partial charge in [0.2, 0.25) is 0 Å². The molecule has 88 valence electrons. The molecule has 1 unspecified atom stereocenters. The first-order valence-electron chi connectivity index (χ1n) is 6.25. The van der Waals surface area contributed by atoms with E-state index in [0.29, 0.717) is 12.1 Å². The van der Waals surface area contributed by atoms with Crippen LogP contribution in [0.15, 0.2) is 30.3 Å². The van der Waals surface area contributed by atoms with Gasteiger partial charge < -0.3 is 10.2 Å². The normalized spacial score (nSPS) is 24.2. The van der Waals surface area contributed by atoms with Crippen molar-refractivity contribution in [2.75, 3.05) is 20.1 Å². The van der Waals surface area contributed by atoms with Gasteiger partial charge in [0.25, 0.3) is 0 Å². The van der Waals surface area contributed by atoms with E-state index in [2.05, 4.69) is 54.5 Å². The Balaban J connectivity index is 1.89. The van der Waals surface area contributed by atoms with Gasteiger partial charge in [-0.05, 0) is 38.9 Å². The lowest BCUT2D eigenvalue weighted by Crippen LogP contribution is -2.44. The number of rotatable bonds is 3. The van der Waals surface area contributed by atoms with Gasteiger partial charge in [0.15, 0.2) is 0 Å². The lowest BCUT2D eigenvalue weighted by atomic mass is 10.0. The first-order valence-corrected chi connectivity index (χ1v) is 6.25. The Morgan fingerprint density at radius 2 is 2.06 bits per heavy atom. The van der Waals surface area contributed by atoms with Gasteiger partial charge in [-0.25, -0.2) is 0 Å². The van der Waals surface area contributed by atoms with Gasteiger partial charge in [0.1, 0.15) is 0 Å². The van der Waals surface area contributed by atoms with Gasteiger partial charge >= 0.3 is 0 Å². The smallest absolute Gasteiger partial charge is 0.0294 e. The van der Waals surface area contributed by atoms with Gasteiger partial charge in [-0.1, -0.05) is 30.3 Å². The zero-order valence-corrected chi connectivity index (χ0v) is 10.3. The zero-order chi connectivity index (χ0) is 11.4. The Morgan fingerprint density at radius 3 is 2.75 bits per heavy atom. The summed E-state index contributed by atoms with van der Waals surface area (Å²) < 4.78 is 0. The van der Waals surface area contributed by atoms with Crippen LogP contribution in [-0.4, -0.2) is 31.1 Å². The maximum atomic E-state index is 3.72. The van der Waals surface area contributed by atoms with Crippen LogP contribution in [0.5, 0.6) is 0 Å². The number of likely N-dealkylation sites (tertiary alicyclic amines) is 1. The zero-order valence-electron chi connectivity index (χ0n) is 10.3. The Morgan fingerprint density at radius 1 is 1.31 bits per heavy atom. The number of hydrogen-bond donors (Lipinski definition) is 1. The minimum atomic E-state index is 0.456. The van der Waals surface area contributed by atoms with E-state index >= 15 is 0 Å². The number of nitrogens with one attached hydrogen (secondary N) is 1. The second kappa shape index (κ2) is 5.46. The van der Waals surface area contributed by atoms with E-state index < -0.39 is 0 Å². The second-order valence-electron chi connectivity index (χ2n) is 4.90. The predicted octanol–water partition coefficient (Wildman–Crippen LogP) is 2.43. The van der Waals surface area contributed by atoms with E-state index in [1.54, 1.807) is 0 Å². The number of piperidine rings is 1. The van der Waals surface area contributed by atoms with Crippen LogP contribution in [0.1, 0.15) is 31.4 Å². The van der Waals surface area contributed by atoms with Crippen LogP contribution in [0.4, 0.5) is 0 Å². The van der Waals surface area contributed by atoms with E-state index in [9.17, 15) is 0 Å². The van der Waals surface area contributed by atoms with E-state index in [4.69, 9.17) is 0 Å². The van der Waals surface area contributed by atoms with Crippen LogP contribution in [-0.2, 0) is 0 Å². The van der Waals surface area contributed by atoms with Crippen LogP contribution >= 0.6 is 0 Å². The summed E-state index contributed by atoms with van der Waals surface area (Å²) in [6, 6.07) is 11.8. The van der Waals surface area contributed by atoms with Gasteiger partial charge in [-0.15, -0.1) is 0 Å². The maximum absolute atomic E-state index is 3.72. The summed E-state index contributed by atoms with van der Waals surface area (Å²) in [5.74, 6) is 0. The molecule has 0 saturated carbocycles. The third-order valence-corrected chi connectivity index (χ3v) is 3.41. The number of benzene rings is 1. The van der Waals surface area contributed by atoms with E-state index in [1.165, 1.54) is 31.5 Å². The highest BCUT2D eigenvalue weighted by molar-refractivity contribution is 5.18. The van der Waals surface area contributed by atoms with Crippen molar-refractivity contribution in [1.29, 1.82) is 0 Å². The summed E-state index contributed by atoms with van der Waals surface area (Å²) in [7, 11) is 2.21. The van der Waals surface area contributed by atoms with Crippen LogP contribution in [0, 0.1) is 0 Å². The summed E-state index contributed by atoms with van der Waals surface area (Å²) >= 11 is 0. The highest BCUT2D eigenvalue weighted by atomic mass is 15.1. The second-order valence-corrected chi connectivity index (χ2v) is 4.90. The molecule has 0 aliphatic carbocycles. The Hall–Kier alpha value is -0.860. The third-order valence-electron chi connectivity index (χ3n) is 3.41. The van der Waals surface area contributed by atoms with Crippen molar-refractivity contribution in [3.63, 3.8) is 0 Å². The Bertz CT molecular complexity index is 310. The molecule has 1 heterocycles. The molecule has 1 fully saturated rings. The molecule has 1 aliphatic rings. The molecule has 0 amide bonds. The summed E-state index contributed by atoms with van der Waals surface area (Å²) in [4.78, 5) is 2.42. The third kappa shape index (κ3) is 3.06. The molecule has 16 heavy (non-hydrogen) atoms. The summed E-state index contributed by atoms with van der Waals surface area (Å²) in [5, 5.41) is 3.72. The quantitative estimate of drug-likeness (QED) is 0.838. The molecule has 1 aromatic rings. The number of nitrogens with zero attached hydrogens (tertiary/aromatic N) is 1. The van der Waals surface area contributed by atoms with Crippen LogP contribution < -0.4 is 5.32 Å². The van der Waals surface area contributed by atoms with Crippen molar-refractivity contribution >= 4 is 0 Å². The highest BCUT2D eigenvalue weighted by Crippen LogP contribution is 2.15. The molecule has 0 aromatic heterocycles. The molecule has 0 spiro atoms. The molecule has 0 bridgehead atoms. The van der Waals surface area contributed by atoms with Crippen molar-refractivity contribution < 1.29 is 0 Å². The molecular formula is C14H22N2. The largest absolute Gasteiger partial charge is 0.306 e. The van der Waals surface area contributed by atoms with Crippen molar-refractivity contribution in [2.45, 2.75) is 31.8 Å². The van der Waals surface area contributed by atoms with Gasteiger partial charge in [-0.2, -0.15) is 0 Å². The van der Waals surface area contributed by atoms with Gasteiger partial charge in [0.05, 0.1) is 0 Å². The average molecular weight is 218 g/mol. The fraction of sp³-hybridized carbons (Fsp3) is 0.571. The molecule has 2 nitrogen and oxygen atoms in total. The standard InChI is InChI=1S/C14H22N2/c1-12(13-7-4-3-5-8-13)15-14-9-6-10-16(2)11-14/h3-5,7-8,12,14-15H,6,9-11H2,1-2H3/t12-,14?/m0/s1. The van der Waals surface area contributed by atoms with Crippen LogP contribution in [0.3, 0.4) is 0 Å². The topological polar surface area (TPSA) is 15.3 Å². The average Bonchev–Trinajstić information content (AvgIpc) is 2.30. The molecule has 0 radical (unpaired) electrons. The van der Waals surface area contributed by atoms with Gasteiger partial charge in [-0.3, -0.25) is 0 Å². The lowest BCUT2D eigenvalue weighted by molar-refractivity contribution is 0.218. The summed E-state index contributed by atoms with van der Waals surface area (Å²) in [5.41, 5.74) is 1.38. The maximum Gasteiger partial charge on any atom is 0.0294 e. The minimum absolute atomic E-state index is 0.456. The van der Waals surface area contributed by atoms with E-state index in [0.717, 1.165) is 0 Å². The molecule has 1 aromatic carbocycles. The highest BCUT2D eigenvalue weighted by Gasteiger charge is 2.18. The summed E-state index contributed by atoms with van der Waals surface area (Å²) in [6.45, 7) is 4.68. The molecule has 2 rings (SSSR count). The minimum Gasteiger partial charge on any atom is -0.306 e. The Labute approximate surface area is 98.7 Å². The van der Waals surface area contributed by atoms with Crippen molar-refractivity contribution in [3.05, 3.63) is 35.9 Å². The van der Waals surface area contributed by atoms with Crippen LogP contribution in [0.2, 0.25) is 0 Å². The first-order chi connectivity index (χ1) is 7.75. The molecule has 2 atom stereocenters. The molecular weight excluding hydrogens is 196 g/mol. The fourth-order valence-electron chi connectivity index (χ4n) is 2.49. The lowest BCUT2D eigenvalue weighted by Gasteiger charge is -2.32. The van der Waals surface area contributed by atoms with Crippen molar-refractivity contribution in [1.82, 2.24) is 10.2 Å². The van der Waals surface area contributed by atoms with E-state index in [-0.39, 0.29) is 0 Å². The van der Waals surface area contributed by atoms with Crippen LogP contribution in [0.25, 0.3) is 0 Å². The SMILES string of the molecule is C[C@H](NC1CCCN(C)C1)c1ccccc1. The summed E-state index contributed by atoms with van der Waals surface area (Å²) in [6.07, 6.45) is 2.62. The number of likely N-dealkylation sites (N-methyl/N-ethyl adjacent to an activating group) is 1. The molecule has 2 heteroatoms. The first kappa shape index (κ1) is 11.6. The fourth-order valence-corrected chi connectivity index (χ4v) is 2.49. The van der Waals surface area contributed by atoms with Crippen molar-refractivity contribution in [3.8, 4) is 0 Å². The molecule has 1 aliphatic heterocycles. The van der Waals surface area contributed by atoms with Gasteiger partial charge in [0, 0.05) is 18.6 Å². The number of hydrogen-bond acceptors (Lipinski definition) is 2.